The summed E-state index contributed by atoms with van der Waals surface area (Å²) in [5, 5.41) is 9.76. The summed E-state index contributed by atoms with van der Waals surface area (Å²) in [7, 11) is 0. The molecule has 2 heterocycles. The molecule has 4 nitrogen and oxygen atoms in total. The van der Waals surface area contributed by atoms with Crippen LogP contribution in [0, 0.1) is 0 Å². The number of nitrogens with two attached hydrogens (primary N) is 2. The van der Waals surface area contributed by atoms with Crippen LogP contribution in [0.5, 0.6) is 0 Å². The van der Waals surface area contributed by atoms with E-state index in [9.17, 15) is 0 Å². The van der Waals surface area contributed by atoms with Crippen molar-refractivity contribution < 1.29 is 0 Å². The highest BCUT2D eigenvalue weighted by atomic mass is 32.1. The van der Waals surface area contributed by atoms with Gasteiger partial charge in [0.15, 0.2) is 5.82 Å². The molecule has 2 aromatic rings. The van der Waals surface area contributed by atoms with Gasteiger partial charge in [-0.15, -0.1) is 16.4 Å². The first-order valence-electron chi connectivity index (χ1n) is 4.15. The number of hydrogen-bond donors (Lipinski definition) is 2. The Morgan fingerprint density at radius 2 is 2.14 bits per heavy atom. The van der Waals surface area contributed by atoms with Crippen LogP contribution in [0.3, 0.4) is 0 Å². The predicted octanol–water partition coefficient (Wildman–Crippen LogP) is 1.29. The number of hydrogen-bond acceptors (Lipinski definition) is 5. The number of nitrogens with zero attached hydrogens (tertiary/aromatic N) is 2. The summed E-state index contributed by atoms with van der Waals surface area (Å²) in [4.78, 5) is 1.24. The van der Waals surface area contributed by atoms with Gasteiger partial charge in [-0.2, -0.15) is 5.10 Å². The zero-order valence-electron chi connectivity index (χ0n) is 7.47. The summed E-state index contributed by atoms with van der Waals surface area (Å²) >= 11 is 1.69. The third kappa shape index (κ3) is 1.82. The number of aromatic nitrogens is 2. The fraction of sp³-hybridized carbons (Fsp3) is 0.111. The van der Waals surface area contributed by atoms with Crippen LogP contribution in [0.2, 0.25) is 0 Å². The molecule has 0 amide bonds. The van der Waals surface area contributed by atoms with Crippen LogP contribution < -0.4 is 11.5 Å². The molecule has 0 aliphatic rings. The molecule has 5 heteroatoms. The summed E-state index contributed by atoms with van der Waals surface area (Å²) in [6.45, 7) is 0. The van der Waals surface area contributed by atoms with Gasteiger partial charge in [-0.05, 0) is 17.5 Å². The number of nitrogen functional groups attached to an aromatic ring is 2. The Morgan fingerprint density at radius 1 is 1.29 bits per heavy atom. The van der Waals surface area contributed by atoms with E-state index < -0.39 is 0 Å². The zero-order valence-corrected chi connectivity index (χ0v) is 8.29. The Bertz CT molecular complexity index is 424. The van der Waals surface area contributed by atoms with Crippen molar-refractivity contribution in [2.24, 2.45) is 0 Å². The second kappa shape index (κ2) is 3.63. The normalized spacial score (nSPS) is 10.3. The highest BCUT2D eigenvalue weighted by Crippen LogP contribution is 2.16. The molecular formula is C9H10N4S. The maximum Gasteiger partial charge on any atom is 0.169 e. The van der Waals surface area contributed by atoms with Crippen molar-refractivity contribution in [1.82, 2.24) is 10.2 Å². The van der Waals surface area contributed by atoms with E-state index in [0.29, 0.717) is 11.5 Å². The molecule has 2 rings (SSSR count). The topological polar surface area (TPSA) is 77.8 Å². The highest BCUT2D eigenvalue weighted by molar-refractivity contribution is 7.09. The Kier molecular flexibility index (Phi) is 2.32. The lowest BCUT2D eigenvalue weighted by atomic mass is 10.2. The van der Waals surface area contributed by atoms with Gasteiger partial charge >= 0.3 is 0 Å². The second-order valence-electron chi connectivity index (χ2n) is 2.93. The van der Waals surface area contributed by atoms with Crippen LogP contribution in [-0.2, 0) is 6.42 Å². The number of anilines is 2. The van der Waals surface area contributed by atoms with E-state index in [0.717, 1.165) is 12.1 Å². The van der Waals surface area contributed by atoms with Gasteiger partial charge in [-0.3, -0.25) is 0 Å². The van der Waals surface area contributed by atoms with Gasteiger partial charge < -0.3 is 11.5 Å². The fourth-order valence-electron chi connectivity index (χ4n) is 1.14. The minimum absolute atomic E-state index is 0.292. The monoisotopic (exact) mass is 206 g/mol. The Hall–Kier alpha value is -1.62. The van der Waals surface area contributed by atoms with Crippen molar-refractivity contribution in [2.75, 3.05) is 11.5 Å². The lowest BCUT2D eigenvalue weighted by molar-refractivity contribution is 0.955. The van der Waals surface area contributed by atoms with Crippen LogP contribution in [0.4, 0.5) is 11.5 Å². The summed E-state index contributed by atoms with van der Waals surface area (Å²) in [6, 6.07) is 5.83. The smallest absolute Gasteiger partial charge is 0.169 e. The van der Waals surface area contributed by atoms with Crippen molar-refractivity contribution in [2.45, 2.75) is 6.42 Å². The summed E-state index contributed by atoms with van der Waals surface area (Å²) < 4.78 is 0. The molecule has 0 bridgehead atoms. The van der Waals surface area contributed by atoms with E-state index in [1.807, 2.05) is 11.4 Å². The van der Waals surface area contributed by atoms with Crippen LogP contribution in [-0.4, -0.2) is 10.2 Å². The molecule has 4 N–H and O–H groups in total. The van der Waals surface area contributed by atoms with Gasteiger partial charge in [-0.1, -0.05) is 6.07 Å². The molecule has 0 atom stereocenters. The first kappa shape index (κ1) is 8.96. The van der Waals surface area contributed by atoms with E-state index in [-0.39, 0.29) is 0 Å². The van der Waals surface area contributed by atoms with E-state index >= 15 is 0 Å². The Balaban J connectivity index is 2.22. The third-order valence-electron chi connectivity index (χ3n) is 1.84. The van der Waals surface area contributed by atoms with Crippen molar-refractivity contribution >= 4 is 22.8 Å². The van der Waals surface area contributed by atoms with Crippen molar-refractivity contribution in [3.8, 4) is 0 Å². The lowest BCUT2D eigenvalue weighted by Crippen LogP contribution is -2.02. The molecule has 0 fully saturated rings. The fourth-order valence-corrected chi connectivity index (χ4v) is 1.86. The molecule has 72 valence electrons. The van der Waals surface area contributed by atoms with Crippen molar-refractivity contribution in [1.29, 1.82) is 0 Å². The molecule has 0 saturated heterocycles. The average Bonchev–Trinajstić information content (AvgIpc) is 2.64. The van der Waals surface area contributed by atoms with Crippen LogP contribution >= 0.6 is 11.3 Å². The molecule has 0 spiro atoms. The number of thiophene rings is 1. The van der Waals surface area contributed by atoms with E-state index in [4.69, 9.17) is 11.5 Å². The first-order chi connectivity index (χ1) is 6.75. The average molecular weight is 206 g/mol. The molecule has 0 saturated carbocycles. The van der Waals surface area contributed by atoms with Gasteiger partial charge in [0, 0.05) is 11.3 Å². The van der Waals surface area contributed by atoms with Crippen LogP contribution in [0.25, 0.3) is 0 Å². The summed E-state index contributed by atoms with van der Waals surface area (Å²) in [5.74, 6) is 0.292. The SMILES string of the molecule is Nc1cc(Cc2cccs2)nnc1N. The summed E-state index contributed by atoms with van der Waals surface area (Å²) in [6.07, 6.45) is 0.759. The molecule has 0 aliphatic heterocycles. The summed E-state index contributed by atoms with van der Waals surface area (Å²) in [5.41, 5.74) is 12.4. The standard InChI is InChI=1S/C9H10N4S/c10-8-5-6(12-13-9(8)11)4-7-2-1-3-14-7/h1-3,5H,4H2,(H2,10,12)(H2,11,13). The zero-order chi connectivity index (χ0) is 9.97. The molecule has 0 aromatic carbocycles. The predicted molar refractivity (Wildman–Crippen MR) is 58.0 cm³/mol. The van der Waals surface area contributed by atoms with E-state index in [2.05, 4.69) is 16.3 Å². The maximum absolute atomic E-state index is 5.63. The van der Waals surface area contributed by atoms with Crippen LogP contribution in [0.1, 0.15) is 10.6 Å². The quantitative estimate of drug-likeness (QED) is 0.776. The van der Waals surface area contributed by atoms with E-state index in [1.165, 1.54) is 4.88 Å². The molecule has 0 unspecified atom stereocenters. The lowest BCUT2D eigenvalue weighted by Gasteiger charge is -2.00. The van der Waals surface area contributed by atoms with E-state index in [1.54, 1.807) is 17.4 Å². The van der Waals surface area contributed by atoms with Crippen molar-refractivity contribution in [3.63, 3.8) is 0 Å². The minimum atomic E-state index is 0.292. The van der Waals surface area contributed by atoms with Gasteiger partial charge in [0.2, 0.25) is 0 Å². The minimum Gasteiger partial charge on any atom is -0.396 e. The molecule has 14 heavy (non-hydrogen) atoms. The second-order valence-corrected chi connectivity index (χ2v) is 3.96. The van der Waals surface area contributed by atoms with Crippen LogP contribution in [0.15, 0.2) is 23.6 Å². The van der Waals surface area contributed by atoms with Gasteiger partial charge in [0.05, 0.1) is 11.4 Å². The van der Waals surface area contributed by atoms with Gasteiger partial charge in [0.1, 0.15) is 0 Å². The maximum atomic E-state index is 5.63. The highest BCUT2D eigenvalue weighted by Gasteiger charge is 2.02. The Morgan fingerprint density at radius 3 is 2.79 bits per heavy atom. The molecular weight excluding hydrogens is 196 g/mol. The largest absolute Gasteiger partial charge is 0.396 e. The van der Waals surface area contributed by atoms with Crippen molar-refractivity contribution in [3.05, 3.63) is 34.2 Å². The van der Waals surface area contributed by atoms with Gasteiger partial charge in [-0.25, -0.2) is 0 Å². The first-order valence-corrected chi connectivity index (χ1v) is 5.03. The molecule has 0 radical (unpaired) electrons. The Labute approximate surface area is 85.6 Å². The van der Waals surface area contributed by atoms with Gasteiger partial charge in [0.25, 0.3) is 0 Å². The third-order valence-corrected chi connectivity index (χ3v) is 2.72. The molecule has 2 aromatic heterocycles. The number of rotatable bonds is 2. The molecule has 0 aliphatic carbocycles.